The fraction of sp³-hybridized carbons (Fsp3) is 0.0952. The van der Waals surface area contributed by atoms with Gasteiger partial charge in [-0.3, -0.25) is 4.79 Å². The molecule has 5 nitrogen and oxygen atoms in total. The molecule has 0 bridgehead atoms. The number of hydrogen-bond acceptors (Lipinski definition) is 5. The zero-order valence-corrected chi connectivity index (χ0v) is 17.5. The number of aromatic nitrogens is 1. The van der Waals surface area contributed by atoms with Gasteiger partial charge in [0.25, 0.3) is 5.91 Å². The minimum absolute atomic E-state index is 0.275. The number of carbonyl (C=O) groups is 1. The van der Waals surface area contributed by atoms with Crippen molar-refractivity contribution in [2.75, 3.05) is 7.11 Å². The second-order valence-corrected chi connectivity index (χ2v) is 7.56. The summed E-state index contributed by atoms with van der Waals surface area (Å²) in [5, 5.41) is 5.02. The number of thioether (sulfide) groups is 1. The summed E-state index contributed by atoms with van der Waals surface area (Å²) in [7, 11) is 1.65. The van der Waals surface area contributed by atoms with E-state index in [9.17, 15) is 4.79 Å². The third-order valence-corrected chi connectivity index (χ3v) is 5.50. The number of hydrogen-bond donors (Lipinski definition) is 1. The van der Waals surface area contributed by atoms with Crippen molar-refractivity contribution in [1.82, 2.24) is 10.4 Å². The predicted octanol–water partition coefficient (Wildman–Crippen LogP) is 4.91. The SMILES string of the molecule is COc1ccc(/C=N/NC(=O)c2ccccc2Br)cc1CSc1ccccn1. The van der Waals surface area contributed by atoms with Gasteiger partial charge in [0, 0.05) is 22.0 Å². The second kappa shape index (κ2) is 10.1. The fourth-order valence-electron chi connectivity index (χ4n) is 2.45. The van der Waals surface area contributed by atoms with Crippen LogP contribution in [0.25, 0.3) is 0 Å². The first-order valence-corrected chi connectivity index (χ1v) is 10.2. The van der Waals surface area contributed by atoms with Crippen LogP contribution in [0.4, 0.5) is 0 Å². The molecule has 0 saturated heterocycles. The molecule has 1 heterocycles. The number of benzene rings is 2. The Balaban J connectivity index is 1.67. The molecular weight excluding hydrogens is 438 g/mol. The van der Waals surface area contributed by atoms with Gasteiger partial charge in [-0.1, -0.05) is 18.2 Å². The van der Waals surface area contributed by atoms with Gasteiger partial charge in [-0.15, -0.1) is 11.8 Å². The lowest BCUT2D eigenvalue weighted by Crippen LogP contribution is -2.18. The van der Waals surface area contributed by atoms with E-state index in [0.717, 1.165) is 26.4 Å². The largest absolute Gasteiger partial charge is 0.496 e. The van der Waals surface area contributed by atoms with Crippen LogP contribution in [0.15, 0.2) is 81.5 Å². The normalized spacial score (nSPS) is 10.8. The minimum Gasteiger partial charge on any atom is -0.496 e. The summed E-state index contributed by atoms with van der Waals surface area (Å²) in [5.74, 6) is 1.24. The molecule has 0 aliphatic rings. The summed E-state index contributed by atoms with van der Waals surface area (Å²) in [4.78, 5) is 16.5. The Morgan fingerprint density at radius 2 is 2.04 bits per heavy atom. The average Bonchev–Trinajstić information content (AvgIpc) is 2.73. The molecule has 0 unspecified atom stereocenters. The molecule has 0 spiro atoms. The van der Waals surface area contributed by atoms with Gasteiger partial charge in [0.15, 0.2) is 0 Å². The number of carbonyl (C=O) groups excluding carboxylic acids is 1. The monoisotopic (exact) mass is 455 g/mol. The van der Waals surface area contributed by atoms with Gasteiger partial charge in [-0.05, 0) is 64.0 Å². The summed E-state index contributed by atoms with van der Waals surface area (Å²) >= 11 is 4.99. The molecule has 0 fully saturated rings. The van der Waals surface area contributed by atoms with Crippen LogP contribution in [0, 0.1) is 0 Å². The van der Waals surface area contributed by atoms with Crippen molar-refractivity contribution in [2.45, 2.75) is 10.8 Å². The van der Waals surface area contributed by atoms with Gasteiger partial charge in [-0.25, -0.2) is 10.4 Å². The summed E-state index contributed by atoms with van der Waals surface area (Å²) in [5.41, 5.74) is 4.97. The smallest absolute Gasteiger partial charge is 0.272 e. The maximum absolute atomic E-state index is 12.2. The van der Waals surface area contributed by atoms with Gasteiger partial charge in [0.2, 0.25) is 0 Å². The van der Waals surface area contributed by atoms with E-state index in [1.54, 1.807) is 43.4 Å². The van der Waals surface area contributed by atoms with E-state index < -0.39 is 0 Å². The van der Waals surface area contributed by atoms with Crippen LogP contribution in [0.3, 0.4) is 0 Å². The lowest BCUT2D eigenvalue weighted by molar-refractivity contribution is 0.0954. The zero-order valence-electron chi connectivity index (χ0n) is 15.1. The Kier molecular flexibility index (Phi) is 7.22. The molecule has 1 aromatic heterocycles. The topological polar surface area (TPSA) is 63.6 Å². The van der Waals surface area contributed by atoms with Crippen molar-refractivity contribution in [2.24, 2.45) is 5.10 Å². The van der Waals surface area contributed by atoms with Gasteiger partial charge < -0.3 is 4.74 Å². The van der Waals surface area contributed by atoms with Crippen molar-refractivity contribution in [3.63, 3.8) is 0 Å². The molecule has 3 rings (SSSR count). The van der Waals surface area contributed by atoms with Crippen LogP contribution in [0.1, 0.15) is 21.5 Å². The van der Waals surface area contributed by atoms with E-state index in [2.05, 4.69) is 31.4 Å². The highest BCUT2D eigenvalue weighted by Crippen LogP contribution is 2.27. The number of nitrogens with one attached hydrogen (secondary N) is 1. The lowest BCUT2D eigenvalue weighted by atomic mass is 10.1. The molecule has 0 aliphatic carbocycles. The van der Waals surface area contributed by atoms with E-state index in [4.69, 9.17) is 4.74 Å². The van der Waals surface area contributed by atoms with E-state index in [1.807, 2.05) is 48.5 Å². The Morgan fingerprint density at radius 3 is 2.79 bits per heavy atom. The van der Waals surface area contributed by atoms with Crippen molar-refractivity contribution < 1.29 is 9.53 Å². The highest BCUT2D eigenvalue weighted by molar-refractivity contribution is 9.10. The number of halogens is 1. The summed E-state index contributed by atoms with van der Waals surface area (Å²) < 4.78 is 6.17. The molecule has 1 amide bonds. The van der Waals surface area contributed by atoms with E-state index in [0.29, 0.717) is 11.3 Å². The second-order valence-electron chi connectivity index (χ2n) is 5.71. The number of rotatable bonds is 7. The molecule has 0 saturated carbocycles. The first-order chi connectivity index (χ1) is 13.7. The molecule has 0 radical (unpaired) electrons. The summed E-state index contributed by atoms with van der Waals surface area (Å²) in [6.45, 7) is 0. The number of hydrazone groups is 1. The molecule has 1 N–H and O–H groups in total. The molecule has 3 aromatic rings. The Labute approximate surface area is 176 Å². The van der Waals surface area contributed by atoms with Crippen LogP contribution in [0.5, 0.6) is 5.75 Å². The third-order valence-electron chi connectivity index (χ3n) is 3.82. The van der Waals surface area contributed by atoms with Crippen LogP contribution in [0.2, 0.25) is 0 Å². The van der Waals surface area contributed by atoms with Crippen molar-refractivity contribution in [3.8, 4) is 5.75 Å². The zero-order chi connectivity index (χ0) is 19.8. The average molecular weight is 456 g/mol. The van der Waals surface area contributed by atoms with E-state index >= 15 is 0 Å². The van der Waals surface area contributed by atoms with Crippen LogP contribution < -0.4 is 10.2 Å². The van der Waals surface area contributed by atoms with Crippen LogP contribution in [-0.2, 0) is 5.75 Å². The Bertz CT molecular complexity index is 980. The number of pyridine rings is 1. The van der Waals surface area contributed by atoms with Gasteiger partial charge >= 0.3 is 0 Å². The predicted molar refractivity (Wildman–Crippen MR) is 116 cm³/mol. The number of methoxy groups -OCH3 is 1. The minimum atomic E-state index is -0.275. The fourth-order valence-corrected chi connectivity index (χ4v) is 3.75. The summed E-state index contributed by atoms with van der Waals surface area (Å²) in [6, 6.07) is 18.8. The van der Waals surface area contributed by atoms with E-state index in [1.165, 1.54) is 0 Å². The molecule has 0 aliphatic heterocycles. The van der Waals surface area contributed by atoms with Crippen molar-refractivity contribution in [1.29, 1.82) is 0 Å². The maximum atomic E-state index is 12.2. The quantitative estimate of drug-likeness (QED) is 0.312. The third kappa shape index (κ3) is 5.43. The first-order valence-electron chi connectivity index (χ1n) is 8.46. The van der Waals surface area contributed by atoms with Gasteiger partial charge in [0.05, 0.1) is 23.9 Å². The lowest BCUT2D eigenvalue weighted by Gasteiger charge is -2.09. The number of ether oxygens (including phenoxy) is 1. The standard InChI is InChI=1S/C21H18BrN3O2S/c1-27-19-10-9-15(12-16(19)14-28-20-8-4-5-11-23-20)13-24-25-21(26)17-6-2-3-7-18(17)22/h2-13H,14H2,1H3,(H,25,26)/b24-13+. The highest BCUT2D eigenvalue weighted by Gasteiger charge is 2.08. The maximum Gasteiger partial charge on any atom is 0.272 e. The Morgan fingerprint density at radius 1 is 1.21 bits per heavy atom. The highest BCUT2D eigenvalue weighted by atomic mass is 79.9. The molecule has 142 valence electrons. The molecule has 0 atom stereocenters. The van der Waals surface area contributed by atoms with Crippen molar-refractivity contribution in [3.05, 3.63) is 88.0 Å². The molecular formula is C21H18BrN3O2S. The number of amides is 1. The Hall–Kier alpha value is -2.64. The summed E-state index contributed by atoms with van der Waals surface area (Å²) in [6.07, 6.45) is 3.39. The molecule has 7 heteroatoms. The molecule has 28 heavy (non-hydrogen) atoms. The van der Waals surface area contributed by atoms with E-state index in [-0.39, 0.29) is 5.91 Å². The first kappa shape index (κ1) is 20.1. The van der Waals surface area contributed by atoms with Crippen molar-refractivity contribution >= 4 is 39.8 Å². The number of nitrogens with zero attached hydrogens (tertiary/aromatic N) is 2. The van der Waals surface area contributed by atoms with Crippen LogP contribution >= 0.6 is 27.7 Å². The molecule has 2 aromatic carbocycles. The van der Waals surface area contributed by atoms with Gasteiger partial charge in [0.1, 0.15) is 5.75 Å². The van der Waals surface area contributed by atoms with Gasteiger partial charge in [-0.2, -0.15) is 5.10 Å². The van der Waals surface area contributed by atoms with Crippen LogP contribution in [-0.4, -0.2) is 24.2 Å².